The van der Waals surface area contributed by atoms with Gasteiger partial charge >= 0.3 is 0 Å². The molecule has 2 saturated carbocycles. The molecule has 2 fully saturated rings. The highest BCUT2D eigenvalue weighted by Crippen LogP contribution is 2.43. The van der Waals surface area contributed by atoms with Gasteiger partial charge in [0.25, 0.3) is 11.1 Å². The molecule has 0 spiro atoms. The number of nitrogens with one attached hydrogen (secondary N) is 2. The topological polar surface area (TPSA) is 310 Å². The summed E-state index contributed by atoms with van der Waals surface area (Å²) in [4.78, 5) is 76.3. The normalized spacial score (nSPS) is 18.3. The standard InChI is InChI=1S/C22H31N5O4.C12H15N5O3.C11H20O.C10H17ClO.Cl2OS/c1-5-7-14(3)31-30-9-6-8-13(2)10-16-15(4)17(11-18(16)28)27-12-24-19-20(27)25-22(23)26-21(19)29;1-5-6(3-18)8(19)2-7(5)17-4-14-9-10(17)15-12(13)16-11(9)20;1-3-4-5-6-7-8-9-10-11(2)12;1-2-3-4-5-6-7-8-9-10(11)12;1-4(2)3/h12,16-18,28H,2-11H2,1H3,(H3,23,25,26,29);4,6-8,18-19H,1-3H2,(H3,13,15,16,20);3H,1,4-10H2,2H3;2H,1,3-9H2;/t16-,17-,18-;6-,7-,8-;;;/m00.../s1. The predicted octanol–water partition coefficient (Wildman–Crippen LogP) is 10.5. The second kappa shape index (κ2) is 38.4. The third-order valence-electron chi connectivity index (χ3n) is 13.1. The van der Waals surface area contributed by atoms with Crippen molar-refractivity contribution in [3.05, 3.63) is 107 Å². The number of H-pyrrole nitrogens is 2. The Balaban J connectivity index is 0.000000381. The molecule has 4 aromatic rings. The number of nitrogens with two attached hydrogens (primary N) is 2. The molecule has 0 unspecified atom stereocenters. The van der Waals surface area contributed by atoms with Gasteiger partial charge in [0, 0.05) is 52.5 Å². The van der Waals surface area contributed by atoms with Gasteiger partial charge in [-0.25, -0.2) is 14.2 Å². The van der Waals surface area contributed by atoms with Crippen molar-refractivity contribution in [3.63, 3.8) is 0 Å². The molecule has 6 rings (SSSR count). The number of imidazole rings is 2. The highest BCUT2D eigenvalue weighted by Gasteiger charge is 2.39. The Hall–Kier alpha value is -5.26. The Labute approximate surface area is 479 Å². The molecule has 2 aliphatic carbocycles. The maximum absolute atomic E-state index is 12.0. The van der Waals surface area contributed by atoms with E-state index in [2.05, 4.69) is 97.7 Å². The number of anilines is 2. The number of halogens is 3. The average Bonchev–Trinajstić information content (AvgIpc) is 4.16. The van der Waals surface area contributed by atoms with Crippen LogP contribution in [0.1, 0.15) is 161 Å². The van der Waals surface area contributed by atoms with Crippen molar-refractivity contribution in [2.75, 3.05) is 24.7 Å². The van der Waals surface area contributed by atoms with E-state index in [-0.39, 0.29) is 64.3 Å². The van der Waals surface area contributed by atoms with E-state index in [4.69, 9.17) is 37.1 Å². The zero-order valence-corrected chi connectivity index (χ0v) is 48.9. The number of ketones is 1. The molecule has 9 N–H and O–H groups in total. The van der Waals surface area contributed by atoms with Gasteiger partial charge in [-0.1, -0.05) is 89.5 Å². The summed E-state index contributed by atoms with van der Waals surface area (Å²) < 4.78 is 12.5. The molecule has 0 amide bonds. The number of hydrogen-bond acceptors (Lipinski definition) is 16. The van der Waals surface area contributed by atoms with E-state index in [9.17, 15) is 34.5 Å². The highest BCUT2D eigenvalue weighted by molar-refractivity contribution is 8.26. The summed E-state index contributed by atoms with van der Waals surface area (Å²) in [5.41, 5.74) is 14.2. The van der Waals surface area contributed by atoms with E-state index in [1.165, 1.54) is 51.3 Å². The van der Waals surface area contributed by atoms with Crippen LogP contribution in [0.2, 0.25) is 0 Å². The Morgan fingerprint density at radius 2 is 1.20 bits per heavy atom. The number of allylic oxidation sites excluding steroid dienone is 4. The summed E-state index contributed by atoms with van der Waals surface area (Å²) in [6, 6.07) is -0.478. The lowest BCUT2D eigenvalue weighted by Gasteiger charge is -2.19. The minimum absolute atomic E-state index is 0.00659. The quantitative estimate of drug-likeness (QED) is 0.00664. The van der Waals surface area contributed by atoms with Gasteiger partial charge in [-0.3, -0.25) is 24.4 Å². The van der Waals surface area contributed by atoms with Crippen LogP contribution < -0.4 is 22.6 Å². The van der Waals surface area contributed by atoms with E-state index in [0.717, 1.165) is 75.4 Å². The summed E-state index contributed by atoms with van der Waals surface area (Å²) in [5.74, 6) is 0.474. The van der Waals surface area contributed by atoms with Crippen LogP contribution in [-0.2, 0) is 28.6 Å². The van der Waals surface area contributed by atoms with Crippen molar-refractivity contribution in [1.29, 1.82) is 0 Å². The number of aliphatic hydroxyl groups excluding tert-OH is 3. The molecule has 0 aromatic carbocycles. The van der Waals surface area contributed by atoms with Crippen molar-refractivity contribution in [3.8, 4) is 0 Å². The number of hydrogen-bond donors (Lipinski definition) is 7. The number of rotatable bonds is 29. The fourth-order valence-corrected chi connectivity index (χ4v) is 9.16. The number of aromatic amines is 2. The zero-order valence-electron chi connectivity index (χ0n) is 45.9. The first kappa shape index (κ1) is 69.8. The van der Waals surface area contributed by atoms with E-state index < -0.39 is 27.0 Å². The summed E-state index contributed by atoms with van der Waals surface area (Å²) in [6.07, 6.45) is 25.8. The summed E-state index contributed by atoms with van der Waals surface area (Å²) in [6.45, 7) is 27.4. The fraction of sp³-hybridized carbons (Fsp3) is 0.564. The van der Waals surface area contributed by atoms with Crippen molar-refractivity contribution >= 4 is 87.4 Å². The molecule has 6 atom stereocenters. The Morgan fingerprint density at radius 1 is 0.759 bits per heavy atom. The van der Waals surface area contributed by atoms with Crippen LogP contribution in [0, 0.1) is 11.8 Å². The monoisotopic (exact) mass is 1180 g/mol. The van der Waals surface area contributed by atoms with Crippen LogP contribution in [0.3, 0.4) is 0 Å². The molecule has 0 bridgehead atoms. The second-order valence-corrected chi connectivity index (χ2v) is 22.4. The van der Waals surface area contributed by atoms with Crippen molar-refractivity contribution < 1.29 is 38.9 Å². The van der Waals surface area contributed by atoms with E-state index in [1.54, 1.807) is 22.4 Å². The van der Waals surface area contributed by atoms with Crippen LogP contribution in [0.4, 0.5) is 11.9 Å². The Bertz CT molecular complexity index is 2710. The predicted molar refractivity (Wildman–Crippen MR) is 317 cm³/mol. The number of aromatic nitrogens is 8. The van der Waals surface area contributed by atoms with Crippen molar-refractivity contribution in [1.82, 2.24) is 39.0 Å². The lowest BCUT2D eigenvalue weighted by molar-refractivity contribution is -0.263. The number of carbonyl (C=O) groups excluding carboxylic acids is 2. The van der Waals surface area contributed by atoms with Gasteiger partial charge in [-0.2, -0.15) is 14.9 Å². The van der Waals surface area contributed by atoms with Gasteiger partial charge in [0.1, 0.15) is 11.5 Å². The molecule has 0 saturated heterocycles. The van der Waals surface area contributed by atoms with Crippen LogP contribution >= 0.6 is 33.0 Å². The first-order valence-corrected chi connectivity index (χ1v) is 29.9. The molecule has 4 heterocycles. The number of nitrogen functional groups attached to an aromatic ring is 2. The smallest absolute Gasteiger partial charge is 0.280 e. The maximum Gasteiger partial charge on any atom is 0.280 e. The Morgan fingerprint density at radius 3 is 1.63 bits per heavy atom. The SMILES string of the molecule is C=C(CCCOOC(=C)CCC)C[C@H]1C(=C)[C@@H](n2cnc3c(=O)[nH]c(N)nc32)C[C@@H]1O.C=C1[C@H](CO)[C@@H](O)C[C@@H]1n1cnc2c(=O)[nH]c(N)nc21.C=CCCCCCCCC(=O)Cl.C=CCCCCCCCC(C)=O.O=S(Cl)Cl. The molecule has 24 heteroatoms. The summed E-state index contributed by atoms with van der Waals surface area (Å²) in [5, 5.41) is 29.7. The molecular weight excluding hydrogens is 1100 g/mol. The minimum atomic E-state index is -1.67. The maximum atomic E-state index is 12.0. The molecule has 440 valence electrons. The van der Waals surface area contributed by atoms with E-state index in [1.807, 2.05) is 12.2 Å². The van der Waals surface area contributed by atoms with Gasteiger partial charge in [0.05, 0.1) is 50.2 Å². The van der Waals surface area contributed by atoms with Crippen LogP contribution in [-0.4, -0.2) is 95.0 Å². The first-order valence-electron chi connectivity index (χ1n) is 26.7. The van der Waals surface area contributed by atoms with Crippen LogP contribution in [0.15, 0.2) is 96.3 Å². The molecule has 79 heavy (non-hydrogen) atoms. The number of Topliss-reactive ketones (excluding diaryl/α,β-unsaturated/α-hetero) is 1. The number of carbonyl (C=O) groups is 2. The minimum Gasteiger partial charge on any atom is -0.396 e. The molecule has 0 aliphatic heterocycles. The molecule has 2 aliphatic rings. The van der Waals surface area contributed by atoms with Gasteiger partial charge < -0.3 is 45.6 Å². The largest absolute Gasteiger partial charge is 0.396 e. The van der Waals surface area contributed by atoms with Gasteiger partial charge in [0.2, 0.25) is 26.4 Å². The van der Waals surface area contributed by atoms with Crippen molar-refractivity contribution in [2.45, 2.75) is 173 Å². The molecule has 20 nitrogen and oxygen atoms in total. The fourth-order valence-electron chi connectivity index (χ4n) is 9.03. The number of unbranched alkanes of at least 4 members (excludes halogenated alkanes) is 10. The van der Waals surface area contributed by atoms with E-state index in [0.29, 0.717) is 60.7 Å². The zero-order chi connectivity index (χ0) is 59.0. The average molecular weight is 1180 g/mol. The third kappa shape index (κ3) is 25.4. The van der Waals surface area contributed by atoms with Gasteiger partial charge in [-0.15, -0.1) is 13.2 Å². The molecule has 4 aromatic heterocycles. The summed E-state index contributed by atoms with van der Waals surface area (Å²) >= 11 is 5.19. The lowest BCUT2D eigenvalue weighted by Crippen LogP contribution is -2.17. The summed E-state index contributed by atoms with van der Waals surface area (Å²) in [7, 11) is 7.36. The number of nitrogens with zero attached hydrogens (tertiary/aromatic N) is 6. The first-order chi connectivity index (χ1) is 37.6. The Kier molecular flexibility index (Phi) is 33.9. The van der Waals surface area contributed by atoms with Crippen molar-refractivity contribution in [2.24, 2.45) is 11.8 Å². The lowest BCUT2D eigenvalue weighted by atomic mass is 9.91. The van der Waals surface area contributed by atoms with E-state index >= 15 is 0 Å². The number of fused-ring (bicyclic) bond motifs is 2. The second-order valence-electron chi connectivity index (χ2n) is 19.4. The van der Waals surface area contributed by atoms with Crippen LogP contribution in [0.5, 0.6) is 0 Å². The third-order valence-corrected chi connectivity index (χ3v) is 13.3. The molecular formula is C55H83Cl3N10O10S. The van der Waals surface area contributed by atoms with Gasteiger partial charge in [0.15, 0.2) is 22.3 Å². The van der Waals surface area contributed by atoms with Crippen LogP contribution in [0.25, 0.3) is 22.3 Å². The highest BCUT2D eigenvalue weighted by atomic mass is 36.0. The number of aliphatic hydroxyl groups is 3. The molecule has 0 radical (unpaired) electrons. The van der Waals surface area contributed by atoms with Gasteiger partial charge in [-0.05, 0) is 107 Å².